The lowest BCUT2D eigenvalue weighted by Gasteiger charge is -2.53. The van der Waals surface area contributed by atoms with Gasteiger partial charge in [-0.2, -0.15) is 0 Å². The zero-order chi connectivity index (χ0) is 21.3. The summed E-state index contributed by atoms with van der Waals surface area (Å²) in [4.78, 5) is 55.2. The normalized spacial score (nSPS) is 31.7. The highest BCUT2D eigenvalue weighted by Gasteiger charge is 2.81. The maximum absolute atomic E-state index is 13.7. The number of esters is 2. The number of Topliss-reactive ketones (excluding diaryl/α,β-unsaturated/α-hetero) is 2. The van der Waals surface area contributed by atoms with Crippen LogP contribution in [0.25, 0.3) is 0 Å². The summed E-state index contributed by atoms with van der Waals surface area (Å²) >= 11 is 0. The van der Waals surface area contributed by atoms with E-state index in [-0.39, 0.29) is 30.0 Å². The molecule has 1 spiro atoms. The van der Waals surface area contributed by atoms with E-state index in [0.29, 0.717) is 16.8 Å². The molecule has 1 heterocycles. The Morgan fingerprint density at radius 3 is 2.43 bits per heavy atom. The van der Waals surface area contributed by atoms with Crippen LogP contribution in [0.3, 0.4) is 0 Å². The Labute approximate surface area is 174 Å². The first-order valence-electron chi connectivity index (χ1n) is 10.3. The van der Waals surface area contributed by atoms with Gasteiger partial charge in [0.1, 0.15) is 11.2 Å². The van der Waals surface area contributed by atoms with Crippen molar-refractivity contribution < 1.29 is 28.7 Å². The molecule has 0 N–H and O–H groups in total. The third-order valence-corrected chi connectivity index (χ3v) is 7.50. The zero-order valence-corrected chi connectivity index (χ0v) is 17.0. The summed E-state index contributed by atoms with van der Waals surface area (Å²) in [6, 6.07) is 6.91. The molecule has 0 radical (unpaired) electrons. The van der Waals surface area contributed by atoms with Crippen molar-refractivity contribution in [1.82, 2.24) is 4.90 Å². The SMILES string of the molecule is COC(=O)C1=C(N2CCCC2)[C@@H]2CC(=O)C3(CC(=O)c4ccccc43)[C@@]12C(=O)OC. The highest BCUT2D eigenvalue weighted by atomic mass is 16.5. The number of likely N-dealkylation sites (tertiary alicyclic amines) is 1. The van der Waals surface area contributed by atoms with Crippen molar-refractivity contribution in [3.63, 3.8) is 0 Å². The van der Waals surface area contributed by atoms with Gasteiger partial charge in [0.2, 0.25) is 0 Å². The third-order valence-electron chi connectivity index (χ3n) is 7.50. The lowest BCUT2D eigenvalue weighted by molar-refractivity contribution is -0.164. The fourth-order valence-corrected chi connectivity index (χ4v) is 6.43. The Bertz CT molecular complexity index is 1040. The molecular formula is C23H23NO6. The van der Waals surface area contributed by atoms with Crippen molar-refractivity contribution in [2.75, 3.05) is 27.3 Å². The smallest absolute Gasteiger partial charge is 0.336 e. The number of ketones is 2. The average Bonchev–Trinajstić information content (AvgIpc) is 3.42. The molecule has 0 amide bonds. The molecule has 4 aliphatic rings. The van der Waals surface area contributed by atoms with Crippen LogP contribution in [0.15, 0.2) is 35.5 Å². The average molecular weight is 409 g/mol. The summed E-state index contributed by atoms with van der Waals surface area (Å²) in [5, 5.41) is 0. The van der Waals surface area contributed by atoms with Gasteiger partial charge in [-0.3, -0.25) is 14.4 Å². The Hall–Kier alpha value is -2.96. The summed E-state index contributed by atoms with van der Waals surface area (Å²) in [5.74, 6) is -2.16. The largest absolute Gasteiger partial charge is 0.468 e. The predicted octanol–water partition coefficient (Wildman–Crippen LogP) is 1.80. The van der Waals surface area contributed by atoms with Crippen molar-refractivity contribution in [2.45, 2.75) is 31.1 Å². The van der Waals surface area contributed by atoms with Crippen LogP contribution < -0.4 is 0 Å². The molecule has 1 unspecified atom stereocenters. The highest BCUT2D eigenvalue weighted by Crippen LogP contribution is 2.72. The van der Waals surface area contributed by atoms with Gasteiger partial charge in [-0.1, -0.05) is 24.3 Å². The van der Waals surface area contributed by atoms with Gasteiger partial charge in [-0.05, 0) is 18.4 Å². The number of hydrogen-bond acceptors (Lipinski definition) is 7. The standard InChI is InChI=1S/C23H23NO6/c1-29-20(27)18-19(24-9-5-6-10-24)15-11-17(26)22(23(15,18)21(28)30-2)12-16(25)13-7-3-4-8-14(13)22/h3-4,7-8,15H,5-6,9-12H2,1-2H3/t15-,22?,23+/m0/s1. The summed E-state index contributed by atoms with van der Waals surface area (Å²) in [6.07, 6.45) is 1.93. The number of carbonyl (C=O) groups excluding carboxylic acids is 4. The van der Waals surface area contributed by atoms with Gasteiger partial charge in [-0.15, -0.1) is 0 Å². The van der Waals surface area contributed by atoms with E-state index in [2.05, 4.69) is 4.90 Å². The number of allylic oxidation sites excluding steroid dienone is 1. The third kappa shape index (κ3) is 1.91. The van der Waals surface area contributed by atoms with E-state index in [1.165, 1.54) is 14.2 Å². The van der Waals surface area contributed by atoms with E-state index in [1.54, 1.807) is 24.3 Å². The lowest BCUT2D eigenvalue weighted by Crippen LogP contribution is -2.62. The van der Waals surface area contributed by atoms with E-state index in [1.807, 2.05) is 0 Å². The molecule has 0 aromatic heterocycles. The molecule has 1 saturated carbocycles. The maximum Gasteiger partial charge on any atom is 0.336 e. The van der Waals surface area contributed by atoms with E-state index in [9.17, 15) is 19.2 Å². The van der Waals surface area contributed by atoms with Crippen LogP contribution in [-0.2, 0) is 29.3 Å². The van der Waals surface area contributed by atoms with Gasteiger partial charge in [0, 0.05) is 43.1 Å². The van der Waals surface area contributed by atoms with Crippen LogP contribution in [0.4, 0.5) is 0 Å². The zero-order valence-electron chi connectivity index (χ0n) is 17.0. The van der Waals surface area contributed by atoms with E-state index in [0.717, 1.165) is 25.9 Å². The number of carbonyl (C=O) groups is 4. The van der Waals surface area contributed by atoms with Crippen LogP contribution >= 0.6 is 0 Å². The van der Waals surface area contributed by atoms with Crippen LogP contribution in [-0.4, -0.2) is 55.7 Å². The van der Waals surface area contributed by atoms with E-state index in [4.69, 9.17) is 9.47 Å². The minimum Gasteiger partial charge on any atom is -0.468 e. The molecule has 1 saturated heterocycles. The summed E-state index contributed by atoms with van der Waals surface area (Å²) in [7, 11) is 2.53. The number of rotatable bonds is 3. The topological polar surface area (TPSA) is 90.0 Å². The van der Waals surface area contributed by atoms with Crippen molar-refractivity contribution in [3.8, 4) is 0 Å². The van der Waals surface area contributed by atoms with Gasteiger partial charge >= 0.3 is 11.9 Å². The first-order chi connectivity index (χ1) is 14.4. The fourth-order valence-electron chi connectivity index (χ4n) is 6.43. The molecule has 0 bridgehead atoms. The molecule has 5 rings (SSSR count). The molecule has 3 atom stereocenters. The van der Waals surface area contributed by atoms with Gasteiger partial charge in [0.25, 0.3) is 0 Å². The maximum atomic E-state index is 13.7. The van der Waals surface area contributed by atoms with Crippen LogP contribution in [0, 0.1) is 11.3 Å². The van der Waals surface area contributed by atoms with Crippen molar-refractivity contribution in [2.24, 2.45) is 11.3 Å². The van der Waals surface area contributed by atoms with Gasteiger partial charge < -0.3 is 14.4 Å². The minimum atomic E-state index is -1.54. The van der Waals surface area contributed by atoms with Crippen molar-refractivity contribution >= 4 is 23.5 Å². The molecule has 2 fully saturated rings. The second-order valence-electron chi connectivity index (χ2n) is 8.48. The Morgan fingerprint density at radius 2 is 1.77 bits per heavy atom. The molecule has 156 valence electrons. The molecular weight excluding hydrogens is 386 g/mol. The monoisotopic (exact) mass is 409 g/mol. The van der Waals surface area contributed by atoms with Crippen LogP contribution in [0.5, 0.6) is 0 Å². The second-order valence-corrected chi connectivity index (χ2v) is 8.48. The van der Waals surface area contributed by atoms with Crippen molar-refractivity contribution in [1.29, 1.82) is 0 Å². The molecule has 30 heavy (non-hydrogen) atoms. The van der Waals surface area contributed by atoms with Crippen molar-refractivity contribution in [3.05, 3.63) is 46.7 Å². The van der Waals surface area contributed by atoms with Gasteiger partial charge in [-0.25, -0.2) is 4.79 Å². The molecule has 7 heteroatoms. The number of hydrogen-bond donors (Lipinski definition) is 0. The molecule has 7 nitrogen and oxygen atoms in total. The molecule has 1 aliphatic heterocycles. The number of fused-ring (bicyclic) bond motifs is 4. The van der Waals surface area contributed by atoms with Gasteiger partial charge in [0.15, 0.2) is 5.78 Å². The van der Waals surface area contributed by atoms with E-state index < -0.39 is 28.7 Å². The lowest BCUT2D eigenvalue weighted by atomic mass is 9.48. The van der Waals surface area contributed by atoms with Crippen LogP contribution in [0.2, 0.25) is 0 Å². The fraction of sp³-hybridized carbons (Fsp3) is 0.478. The van der Waals surface area contributed by atoms with Crippen LogP contribution in [0.1, 0.15) is 41.6 Å². The quantitative estimate of drug-likeness (QED) is 0.703. The number of nitrogens with zero attached hydrogens (tertiary/aromatic N) is 1. The summed E-state index contributed by atoms with van der Waals surface area (Å²) < 4.78 is 10.3. The first-order valence-corrected chi connectivity index (χ1v) is 10.3. The molecule has 3 aliphatic carbocycles. The Balaban J connectivity index is 1.83. The Kier molecular flexibility index (Phi) is 3.98. The summed E-state index contributed by atoms with van der Waals surface area (Å²) in [5.41, 5.74) is -1.09. The summed E-state index contributed by atoms with van der Waals surface area (Å²) in [6.45, 7) is 1.53. The number of benzene rings is 1. The van der Waals surface area contributed by atoms with Gasteiger partial charge in [0.05, 0.1) is 25.2 Å². The predicted molar refractivity (Wildman–Crippen MR) is 104 cm³/mol. The second kappa shape index (κ2) is 6.27. The minimum absolute atomic E-state index is 0.100. The first kappa shape index (κ1) is 19.0. The highest BCUT2D eigenvalue weighted by molar-refractivity contribution is 6.18. The number of methoxy groups -OCH3 is 2. The molecule has 1 aromatic rings. The Morgan fingerprint density at radius 1 is 1.07 bits per heavy atom. The van der Waals surface area contributed by atoms with E-state index >= 15 is 0 Å². The molecule has 1 aromatic carbocycles. The number of ether oxygens (including phenoxy) is 2.